The summed E-state index contributed by atoms with van der Waals surface area (Å²) in [5.41, 5.74) is -0.845. The van der Waals surface area contributed by atoms with Crippen LogP contribution in [0.2, 0.25) is 0 Å². The molecule has 0 aliphatic heterocycles. The number of Topliss-reactive ketones (excluding diaryl/α,β-unsaturated/α-hetero) is 1. The third kappa shape index (κ3) is 3.96. The zero-order chi connectivity index (χ0) is 29.2. The molecule has 4 aliphatic rings. The maximum atomic E-state index is 13.5. The molecule has 0 saturated heterocycles. The van der Waals surface area contributed by atoms with Crippen molar-refractivity contribution in [2.45, 2.75) is 71.7 Å². The van der Waals surface area contributed by atoms with E-state index < -0.39 is 64.2 Å². The fourth-order valence-corrected chi connectivity index (χ4v) is 8.07. The molecule has 0 aromatic heterocycles. The number of esters is 2. The van der Waals surface area contributed by atoms with E-state index >= 15 is 0 Å². The van der Waals surface area contributed by atoms with Gasteiger partial charge in [-0.2, -0.15) is 0 Å². The molecule has 1 aromatic rings. The Morgan fingerprint density at radius 2 is 1.80 bits per heavy atom. The number of ketones is 1. The number of hydrogen-bond acceptors (Lipinski definition) is 7. The monoisotopic (exact) mass is 548 g/mol. The summed E-state index contributed by atoms with van der Waals surface area (Å²) in [5, 5.41) is 23.0. The molecule has 8 atom stereocenters. The highest BCUT2D eigenvalue weighted by molar-refractivity contribution is 6.00. The lowest BCUT2D eigenvalue weighted by Crippen LogP contribution is -2.63. The second kappa shape index (κ2) is 9.81. The summed E-state index contributed by atoms with van der Waals surface area (Å²) in [4.78, 5) is 39.9. The van der Waals surface area contributed by atoms with E-state index in [1.165, 1.54) is 0 Å². The molecule has 0 radical (unpaired) electrons. The molecule has 5 rings (SSSR count). The van der Waals surface area contributed by atoms with Gasteiger partial charge < -0.3 is 19.7 Å². The molecule has 2 fully saturated rings. The second-order valence-corrected chi connectivity index (χ2v) is 12.7. The molecule has 2 saturated carbocycles. The Bertz CT molecular complexity index is 1320. The fraction of sp³-hybridized carbons (Fsp3) is 0.545. The van der Waals surface area contributed by atoms with Gasteiger partial charge in [-0.25, -0.2) is 4.79 Å². The van der Waals surface area contributed by atoms with Gasteiger partial charge in [0.1, 0.15) is 6.10 Å². The number of aliphatic hydroxyl groups excluding tert-OH is 1. The van der Waals surface area contributed by atoms with Crippen LogP contribution in [-0.4, -0.2) is 51.8 Å². The number of aliphatic hydroxyl groups is 2. The highest BCUT2D eigenvalue weighted by atomic mass is 16.6. The van der Waals surface area contributed by atoms with Gasteiger partial charge in [0.2, 0.25) is 0 Å². The zero-order valence-corrected chi connectivity index (χ0v) is 24.1. The summed E-state index contributed by atoms with van der Waals surface area (Å²) in [6.45, 7) is 10.7. The number of fused-ring (bicyclic) bond motifs is 5. The number of hydrogen-bond donors (Lipinski definition) is 2. The number of benzene rings is 1. The molecule has 4 aliphatic carbocycles. The maximum absolute atomic E-state index is 13.5. The van der Waals surface area contributed by atoms with E-state index in [2.05, 4.69) is 0 Å². The van der Waals surface area contributed by atoms with Crippen LogP contribution in [0.5, 0.6) is 0 Å². The molecule has 40 heavy (non-hydrogen) atoms. The first-order valence-corrected chi connectivity index (χ1v) is 14.2. The molecule has 1 aromatic carbocycles. The Kier molecular flexibility index (Phi) is 6.99. The van der Waals surface area contributed by atoms with Crippen LogP contribution >= 0.6 is 0 Å². The van der Waals surface area contributed by atoms with Gasteiger partial charge >= 0.3 is 11.9 Å². The minimum Gasteiger partial charge on any atom is -0.454 e. The number of ether oxygens (including phenoxy) is 2. The van der Waals surface area contributed by atoms with E-state index in [-0.39, 0.29) is 18.8 Å². The smallest absolute Gasteiger partial charge is 0.333 e. The van der Waals surface area contributed by atoms with Gasteiger partial charge in [-0.05, 0) is 43.9 Å². The van der Waals surface area contributed by atoms with E-state index in [0.717, 1.165) is 5.56 Å². The third-order valence-corrected chi connectivity index (χ3v) is 10.3. The number of rotatable bonds is 6. The highest BCUT2D eigenvalue weighted by Crippen LogP contribution is 2.77. The number of allylic oxidation sites excluding steroid dienone is 2. The fourth-order valence-electron chi connectivity index (χ4n) is 8.07. The van der Waals surface area contributed by atoms with Crippen molar-refractivity contribution < 1.29 is 34.1 Å². The topological polar surface area (TPSA) is 110 Å². The third-order valence-electron chi connectivity index (χ3n) is 10.3. The van der Waals surface area contributed by atoms with Gasteiger partial charge in [0.05, 0.1) is 18.6 Å². The molecule has 0 amide bonds. The number of carbonyl (C=O) groups is 3. The average Bonchev–Trinajstić information content (AvgIpc) is 3.32. The molecular formula is C33H40O7. The second-order valence-electron chi connectivity index (χ2n) is 12.7. The molecule has 7 nitrogen and oxygen atoms in total. The molecule has 0 heterocycles. The summed E-state index contributed by atoms with van der Waals surface area (Å²) in [6, 6.07) is 9.32. The van der Waals surface area contributed by atoms with Crippen LogP contribution in [0.1, 0.15) is 53.5 Å². The Labute approximate surface area is 235 Å². The van der Waals surface area contributed by atoms with Crippen LogP contribution in [0.25, 0.3) is 0 Å². The van der Waals surface area contributed by atoms with Crippen LogP contribution in [0.15, 0.2) is 65.3 Å². The molecule has 2 N–H and O–H groups in total. The molecule has 214 valence electrons. The van der Waals surface area contributed by atoms with Crippen molar-refractivity contribution in [2.75, 3.05) is 6.61 Å². The predicted octanol–water partition coefficient (Wildman–Crippen LogP) is 4.13. The lowest BCUT2D eigenvalue weighted by molar-refractivity contribution is -0.218. The Balaban J connectivity index is 1.64. The van der Waals surface area contributed by atoms with Gasteiger partial charge in [0, 0.05) is 40.6 Å². The molecule has 0 unspecified atom stereocenters. The zero-order valence-electron chi connectivity index (χ0n) is 24.1. The predicted molar refractivity (Wildman–Crippen MR) is 149 cm³/mol. The number of carbonyl (C=O) groups excluding carboxylic acids is 3. The van der Waals surface area contributed by atoms with Crippen LogP contribution in [-0.2, 0) is 30.3 Å². The van der Waals surface area contributed by atoms with E-state index in [9.17, 15) is 24.6 Å². The van der Waals surface area contributed by atoms with E-state index in [0.29, 0.717) is 23.1 Å². The first kappa shape index (κ1) is 28.5. The molecule has 0 bridgehead atoms. The minimum atomic E-state index is -1.47. The lowest BCUT2D eigenvalue weighted by atomic mass is 9.59. The molecular weight excluding hydrogens is 508 g/mol. The van der Waals surface area contributed by atoms with Gasteiger partial charge in [0.25, 0.3) is 0 Å². The summed E-state index contributed by atoms with van der Waals surface area (Å²) in [5.74, 6) is -3.69. The van der Waals surface area contributed by atoms with E-state index in [1.807, 2.05) is 63.3 Å². The van der Waals surface area contributed by atoms with Crippen molar-refractivity contribution in [2.24, 2.45) is 35.0 Å². The van der Waals surface area contributed by atoms with Crippen molar-refractivity contribution in [1.29, 1.82) is 0 Å². The van der Waals surface area contributed by atoms with Gasteiger partial charge in [-0.1, -0.05) is 69.3 Å². The first-order chi connectivity index (χ1) is 18.8. The normalized spacial score (nSPS) is 37.7. The van der Waals surface area contributed by atoms with Crippen LogP contribution < -0.4 is 0 Å². The van der Waals surface area contributed by atoms with Crippen molar-refractivity contribution in [3.8, 4) is 0 Å². The maximum Gasteiger partial charge on any atom is 0.333 e. The SMILES string of the molecule is CC=C(C)C(=O)O[C@@H]1[C@@H](C)[C@]2(O)[C@@H]3C=C(C)C(=O)[C@@H]3CC(CO)=C[C@H]2[C@@H]2C(C)(C)[C@]12OC(=O)Cc1ccccc1. The van der Waals surface area contributed by atoms with Gasteiger partial charge in [-0.3, -0.25) is 9.59 Å². The van der Waals surface area contributed by atoms with Gasteiger partial charge in [0.15, 0.2) is 11.4 Å². The average molecular weight is 549 g/mol. The van der Waals surface area contributed by atoms with Crippen molar-refractivity contribution in [3.63, 3.8) is 0 Å². The van der Waals surface area contributed by atoms with Crippen molar-refractivity contribution >= 4 is 17.7 Å². The minimum absolute atomic E-state index is 0.0369. The quantitative estimate of drug-likeness (QED) is 0.313. The van der Waals surface area contributed by atoms with Crippen LogP contribution in [0.3, 0.4) is 0 Å². The Morgan fingerprint density at radius 3 is 2.42 bits per heavy atom. The Morgan fingerprint density at radius 1 is 1.12 bits per heavy atom. The molecule has 7 heteroatoms. The van der Waals surface area contributed by atoms with Crippen LogP contribution in [0.4, 0.5) is 0 Å². The van der Waals surface area contributed by atoms with Crippen LogP contribution in [0, 0.1) is 35.0 Å². The lowest BCUT2D eigenvalue weighted by Gasteiger charge is -2.52. The van der Waals surface area contributed by atoms with Crippen molar-refractivity contribution in [1.82, 2.24) is 0 Å². The van der Waals surface area contributed by atoms with Crippen molar-refractivity contribution in [3.05, 3.63) is 70.8 Å². The Hall–Kier alpha value is -3.03. The summed E-state index contributed by atoms with van der Waals surface area (Å²) < 4.78 is 12.6. The summed E-state index contributed by atoms with van der Waals surface area (Å²) in [6.07, 6.45) is 4.86. The summed E-state index contributed by atoms with van der Waals surface area (Å²) in [7, 11) is 0. The van der Waals surface area contributed by atoms with Gasteiger partial charge in [-0.15, -0.1) is 0 Å². The van der Waals surface area contributed by atoms with E-state index in [4.69, 9.17) is 9.47 Å². The molecule has 0 spiro atoms. The van der Waals surface area contributed by atoms with E-state index in [1.54, 1.807) is 26.8 Å². The highest BCUT2D eigenvalue weighted by Gasteiger charge is 2.87. The standard InChI is InChI=1S/C33H40O7/c1-7-18(2)30(37)39-29-20(4)32(38)24-13-19(3)27(36)23(24)14-22(17-34)15-25(32)28-31(5,6)33(28,29)40-26(35)16-21-11-9-8-10-12-21/h7-13,15,20,23-25,28-29,34,38H,14,16-17H2,1-6H3/t20-,23-,24-,25+,28-,29-,32+,33-/m1/s1. The first-order valence-electron chi connectivity index (χ1n) is 14.2. The largest absolute Gasteiger partial charge is 0.454 e. The summed E-state index contributed by atoms with van der Waals surface area (Å²) >= 11 is 0.